The van der Waals surface area contributed by atoms with E-state index in [1.54, 1.807) is 0 Å². The molecule has 0 amide bonds. The minimum Gasteiger partial charge on any atom is -0.380 e. The lowest BCUT2D eigenvalue weighted by atomic mass is 9.75. The van der Waals surface area contributed by atoms with Gasteiger partial charge in [0.2, 0.25) is 0 Å². The highest BCUT2D eigenvalue weighted by Crippen LogP contribution is 2.29. The summed E-state index contributed by atoms with van der Waals surface area (Å²) in [5.74, 6) is 0. The van der Waals surface area contributed by atoms with Gasteiger partial charge in [0.05, 0.1) is 6.10 Å². The van der Waals surface area contributed by atoms with Crippen molar-refractivity contribution in [3.63, 3.8) is 0 Å². The quantitative estimate of drug-likeness (QED) is 0.755. The molecule has 0 aromatic carbocycles. The largest absolute Gasteiger partial charge is 0.380 e. The van der Waals surface area contributed by atoms with E-state index in [1.807, 2.05) is 7.11 Å². The summed E-state index contributed by atoms with van der Waals surface area (Å²) in [6.07, 6.45) is 4.06. The van der Waals surface area contributed by atoms with Crippen LogP contribution in [0.2, 0.25) is 0 Å². The zero-order chi connectivity index (χ0) is 12.4. The molecular formula is C13H28N2O. The van der Waals surface area contributed by atoms with Crippen molar-refractivity contribution in [3.8, 4) is 0 Å². The Kier molecular flexibility index (Phi) is 4.38. The average Bonchev–Trinajstić information content (AvgIpc) is 2.60. The first kappa shape index (κ1) is 13.9. The maximum absolute atomic E-state index is 6.19. The second-order valence-electron chi connectivity index (χ2n) is 6.30. The SMILES string of the molecule is COC1CCCC1NCC(C)(C)C(C)(C)N. The summed E-state index contributed by atoms with van der Waals surface area (Å²) in [5.41, 5.74) is 6.12. The van der Waals surface area contributed by atoms with Crippen molar-refractivity contribution in [1.82, 2.24) is 5.32 Å². The van der Waals surface area contributed by atoms with Crippen LogP contribution in [0.25, 0.3) is 0 Å². The van der Waals surface area contributed by atoms with Gasteiger partial charge in [-0.3, -0.25) is 0 Å². The zero-order valence-corrected chi connectivity index (χ0v) is 11.5. The van der Waals surface area contributed by atoms with Gasteiger partial charge >= 0.3 is 0 Å². The van der Waals surface area contributed by atoms with Crippen LogP contribution in [-0.2, 0) is 4.74 Å². The Labute approximate surface area is 100 Å². The second-order valence-corrected chi connectivity index (χ2v) is 6.30. The van der Waals surface area contributed by atoms with Crippen molar-refractivity contribution >= 4 is 0 Å². The van der Waals surface area contributed by atoms with E-state index in [0.29, 0.717) is 12.1 Å². The van der Waals surface area contributed by atoms with Gasteiger partial charge in [-0.15, -0.1) is 0 Å². The molecule has 1 aliphatic carbocycles. The molecule has 1 rings (SSSR count). The molecule has 0 saturated heterocycles. The van der Waals surface area contributed by atoms with Crippen LogP contribution in [-0.4, -0.2) is 31.3 Å². The monoisotopic (exact) mass is 228 g/mol. The molecule has 0 aromatic heterocycles. The molecule has 3 N–H and O–H groups in total. The predicted molar refractivity (Wildman–Crippen MR) is 68.5 cm³/mol. The highest BCUT2D eigenvalue weighted by molar-refractivity contribution is 4.94. The summed E-state index contributed by atoms with van der Waals surface area (Å²) in [6.45, 7) is 9.57. The molecule has 1 aliphatic rings. The van der Waals surface area contributed by atoms with Gasteiger partial charge in [0.1, 0.15) is 0 Å². The Morgan fingerprint density at radius 3 is 2.38 bits per heavy atom. The van der Waals surface area contributed by atoms with Crippen molar-refractivity contribution in [2.24, 2.45) is 11.1 Å². The van der Waals surface area contributed by atoms with Gasteiger partial charge in [0.15, 0.2) is 0 Å². The maximum Gasteiger partial charge on any atom is 0.0724 e. The summed E-state index contributed by atoms with van der Waals surface area (Å²) >= 11 is 0. The first-order valence-electron chi connectivity index (χ1n) is 6.33. The van der Waals surface area contributed by atoms with E-state index < -0.39 is 0 Å². The zero-order valence-electron chi connectivity index (χ0n) is 11.5. The summed E-state index contributed by atoms with van der Waals surface area (Å²) in [6, 6.07) is 0.506. The molecule has 0 heterocycles. The van der Waals surface area contributed by atoms with E-state index >= 15 is 0 Å². The van der Waals surface area contributed by atoms with Crippen LogP contribution in [0.1, 0.15) is 47.0 Å². The van der Waals surface area contributed by atoms with Gasteiger partial charge in [0.25, 0.3) is 0 Å². The molecule has 0 aromatic rings. The molecule has 1 fully saturated rings. The lowest BCUT2D eigenvalue weighted by Gasteiger charge is -2.40. The highest BCUT2D eigenvalue weighted by atomic mass is 16.5. The standard InChI is InChI=1S/C13H28N2O/c1-12(2,13(3,4)14)9-15-10-7-6-8-11(10)16-5/h10-11,15H,6-9,14H2,1-5H3. The molecule has 16 heavy (non-hydrogen) atoms. The van der Waals surface area contributed by atoms with Crippen molar-refractivity contribution in [2.75, 3.05) is 13.7 Å². The number of methoxy groups -OCH3 is 1. The highest BCUT2D eigenvalue weighted by Gasteiger charge is 2.35. The summed E-state index contributed by atoms with van der Waals surface area (Å²) in [7, 11) is 1.81. The fourth-order valence-electron chi connectivity index (χ4n) is 2.06. The number of nitrogens with two attached hydrogens (primary N) is 1. The number of hydrogen-bond acceptors (Lipinski definition) is 3. The van der Waals surface area contributed by atoms with Crippen LogP contribution in [0.15, 0.2) is 0 Å². The summed E-state index contributed by atoms with van der Waals surface area (Å²) in [5, 5.41) is 3.62. The van der Waals surface area contributed by atoms with E-state index in [9.17, 15) is 0 Å². The molecule has 3 nitrogen and oxygen atoms in total. The lowest BCUT2D eigenvalue weighted by molar-refractivity contribution is 0.0771. The fourth-order valence-corrected chi connectivity index (χ4v) is 2.06. The number of nitrogens with one attached hydrogen (secondary N) is 1. The Morgan fingerprint density at radius 1 is 1.25 bits per heavy atom. The van der Waals surface area contributed by atoms with Crippen molar-refractivity contribution in [2.45, 2.75) is 64.6 Å². The summed E-state index contributed by atoms with van der Waals surface area (Å²) in [4.78, 5) is 0. The van der Waals surface area contributed by atoms with Crippen LogP contribution < -0.4 is 11.1 Å². The number of hydrogen-bond donors (Lipinski definition) is 2. The van der Waals surface area contributed by atoms with Crippen LogP contribution in [0.4, 0.5) is 0 Å². The molecular weight excluding hydrogens is 200 g/mol. The lowest BCUT2D eigenvalue weighted by Crippen LogP contribution is -2.54. The third-order valence-corrected chi connectivity index (χ3v) is 4.31. The Bertz CT molecular complexity index is 220. The van der Waals surface area contributed by atoms with E-state index in [-0.39, 0.29) is 11.0 Å². The molecule has 0 bridgehead atoms. The number of rotatable bonds is 5. The van der Waals surface area contributed by atoms with Crippen molar-refractivity contribution in [1.29, 1.82) is 0 Å². The van der Waals surface area contributed by atoms with Gasteiger partial charge in [-0.25, -0.2) is 0 Å². The van der Waals surface area contributed by atoms with Gasteiger partial charge in [0, 0.05) is 25.2 Å². The topological polar surface area (TPSA) is 47.3 Å². The van der Waals surface area contributed by atoms with E-state index in [0.717, 1.165) is 6.54 Å². The minimum atomic E-state index is -0.166. The van der Waals surface area contributed by atoms with Gasteiger partial charge < -0.3 is 15.8 Å². The molecule has 2 atom stereocenters. The Morgan fingerprint density at radius 2 is 1.88 bits per heavy atom. The fraction of sp³-hybridized carbons (Fsp3) is 1.00. The van der Waals surface area contributed by atoms with Gasteiger partial charge in [-0.2, -0.15) is 0 Å². The molecule has 0 aliphatic heterocycles. The van der Waals surface area contributed by atoms with Crippen molar-refractivity contribution in [3.05, 3.63) is 0 Å². The van der Waals surface area contributed by atoms with Crippen LogP contribution >= 0.6 is 0 Å². The van der Waals surface area contributed by atoms with Crippen LogP contribution in [0.3, 0.4) is 0 Å². The average molecular weight is 228 g/mol. The minimum absolute atomic E-state index is 0.0912. The smallest absolute Gasteiger partial charge is 0.0724 e. The molecule has 1 saturated carbocycles. The molecule has 0 spiro atoms. The molecule has 3 heteroatoms. The third-order valence-electron chi connectivity index (χ3n) is 4.31. The third kappa shape index (κ3) is 3.19. The van der Waals surface area contributed by atoms with Gasteiger partial charge in [-0.05, 0) is 38.5 Å². The molecule has 2 unspecified atom stereocenters. The maximum atomic E-state index is 6.19. The Hall–Kier alpha value is -0.120. The van der Waals surface area contributed by atoms with E-state index in [2.05, 4.69) is 33.0 Å². The number of ether oxygens (including phenoxy) is 1. The first-order valence-corrected chi connectivity index (χ1v) is 6.33. The first-order chi connectivity index (χ1) is 7.28. The van der Waals surface area contributed by atoms with Gasteiger partial charge in [-0.1, -0.05) is 13.8 Å². The molecule has 96 valence electrons. The normalized spacial score (nSPS) is 27.4. The second kappa shape index (κ2) is 5.03. The molecule has 0 radical (unpaired) electrons. The predicted octanol–water partition coefficient (Wildman–Crippen LogP) is 1.91. The van der Waals surface area contributed by atoms with Crippen LogP contribution in [0.5, 0.6) is 0 Å². The summed E-state index contributed by atoms with van der Waals surface area (Å²) < 4.78 is 5.48. The van der Waals surface area contributed by atoms with Crippen LogP contribution in [0, 0.1) is 5.41 Å². The van der Waals surface area contributed by atoms with E-state index in [4.69, 9.17) is 10.5 Å². The van der Waals surface area contributed by atoms with Crippen molar-refractivity contribution < 1.29 is 4.74 Å². The van der Waals surface area contributed by atoms with E-state index in [1.165, 1.54) is 19.3 Å². The Balaban J connectivity index is 2.45.